The molecule has 1 fully saturated rings. The van der Waals surface area contributed by atoms with E-state index >= 15 is 0 Å². The minimum absolute atomic E-state index is 0.0286. The van der Waals surface area contributed by atoms with Gasteiger partial charge in [-0.05, 0) is 25.1 Å². The lowest BCUT2D eigenvalue weighted by atomic mass is 10.2. The molecule has 7 nitrogen and oxygen atoms in total. The predicted octanol–water partition coefficient (Wildman–Crippen LogP) is 1.22. The lowest BCUT2D eigenvalue weighted by Crippen LogP contribution is -2.37. The molecular formula is C18H21N5O2. The standard InChI is InChI=1S/C18H21N5O2/c19-12-15-4-1-2-5-17(15)22-18(24)16(13-20)14-21-6-3-7-23-8-10-25-11-9-23/h1-2,4-5,14,21H,3,6-11H2,(H,22,24)/b16-14-. The van der Waals surface area contributed by atoms with E-state index in [4.69, 9.17) is 15.3 Å². The summed E-state index contributed by atoms with van der Waals surface area (Å²) in [6.07, 6.45) is 2.33. The molecule has 25 heavy (non-hydrogen) atoms. The molecule has 1 saturated heterocycles. The molecule has 1 aromatic carbocycles. The molecule has 1 aliphatic heterocycles. The van der Waals surface area contributed by atoms with Crippen LogP contribution in [-0.2, 0) is 9.53 Å². The first-order valence-corrected chi connectivity index (χ1v) is 8.19. The third-order valence-corrected chi connectivity index (χ3v) is 3.81. The lowest BCUT2D eigenvalue weighted by Gasteiger charge is -2.26. The Hall–Kier alpha value is -2.87. The summed E-state index contributed by atoms with van der Waals surface area (Å²) in [5, 5.41) is 23.8. The largest absolute Gasteiger partial charge is 0.390 e. The fourth-order valence-electron chi connectivity index (χ4n) is 2.43. The van der Waals surface area contributed by atoms with Crippen molar-refractivity contribution in [2.24, 2.45) is 0 Å². The normalized spacial score (nSPS) is 15.0. The molecule has 2 N–H and O–H groups in total. The van der Waals surface area contributed by atoms with Crippen molar-refractivity contribution in [1.29, 1.82) is 10.5 Å². The molecule has 1 heterocycles. The SMILES string of the molecule is N#C/C(=C/NCCCN1CCOCC1)C(=O)Nc1ccccc1C#N. The van der Waals surface area contributed by atoms with E-state index in [1.165, 1.54) is 6.20 Å². The Morgan fingerprint density at radius 2 is 2.04 bits per heavy atom. The minimum atomic E-state index is -0.536. The predicted molar refractivity (Wildman–Crippen MR) is 93.4 cm³/mol. The maximum atomic E-state index is 12.1. The van der Waals surface area contributed by atoms with Crippen molar-refractivity contribution in [3.63, 3.8) is 0 Å². The molecule has 0 aromatic heterocycles. The van der Waals surface area contributed by atoms with Crippen LogP contribution in [0.4, 0.5) is 5.69 Å². The van der Waals surface area contributed by atoms with Crippen molar-refractivity contribution >= 4 is 11.6 Å². The molecule has 0 bridgehead atoms. The lowest BCUT2D eigenvalue weighted by molar-refractivity contribution is -0.112. The Morgan fingerprint density at radius 3 is 2.76 bits per heavy atom. The van der Waals surface area contributed by atoms with Gasteiger partial charge in [0.15, 0.2) is 0 Å². The molecule has 0 unspecified atom stereocenters. The zero-order chi connectivity index (χ0) is 17.9. The molecule has 130 valence electrons. The Balaban J connectivity index is 1.79. The number of ether oxygens (including phenoxy) is 1. The maximum absolute atomic E-state index is 12.1. The van der Waals surface area contributed by atoms with Crippen LogP contribution in [0.5, 0.6) is 0 Å². The molecule has 2 rings (SSSR count). The Labute approximate surface area is 147 Å². The molecule has 0 saturated carbocycles. The quantitative estimate of drug-likeness (QED) is 0.440. The molecule has 0 radical (unpaired) electrons. The molecular weight excluding hydrogens is 318 g/mol. The van der Waals surface area contributed by atoms with E-state index in [0.29, 0.717) is 17.8 Å². The zero-order valence-corrected chi connectivity index (χ0v) is 14.0. The molecule has 0 aliphatic carbocycles. The summed E-state index contributed by atoms with van der Waals surface area (Å²) in [4.78, 5) is 14.5. The maximum Gasteiger partial charge on any atom is 0.267 e. The minimum Gasteiger partial charge on any atom is -0.390 e. The Kier molecular flexibility index (Phi) is 7.45. The van der Waals surface area contributed by atoms with E-state index in [9.17, 15) is 4.79 Å². The highest BCUT2D eigenvalue weighted by Crippen LogP contribution is 2.14. The number of morpholine rings is 1. The molecule has 0 atom stereocenters. The van der Waals surface area contributed by atoms with Crippen LogP contribution in [0.1, 0.15) is 12.0 Å². The number of rotatable bonds is 7. The van der Waals surface area contributed by atoms with Gasteiger partial charge in [-0.25, -0.2) is 0 Å². The van der Waals surface area contributed by atoms with E-state index in [-0.39, 0.29) is 5.57 Å². The van der Waals surface area contributed by atoms with Gasteiger partial charge in [0.05, 0.1) is 24.5 Å². The summed E-state index contributed by atoms with van der Waals surface area (Å²) in [5.74, 6) is -0.536. The third-order valence-electron chi connectivity index (χ3n) is 3.81. The van der Waals surface area contributed by atoms with E-state index in [2.05, 4.69) is 15.5 Å². The number of hydrogen-bond donors (Lipinski definition) is 2. The first-order chi connectivity index (χ1) is 12.2. The Morgan fingerprint density at radius 1 is 1.28 bits per heavy atom. The highest BCUT2D eigenvalue weighted by molar-refractivity contribution is 6.07. The number of nitriles is 2. The number of nitrogens with zero attached hydrogens (tertiary/aromatic N) is 3. The van der Waals surface area contributed by atoms with E-state index in [1.54, 1.807) is 24.3 Å². The summed E-state index contributed by atoms with van der Waals surface area (Å²) < 4.78 is 5.30. The first-order valence-electron chi connectivity index (χ1n) is 8.19. The van der Waals surface area contributed by atoms with Crippen molar-refractivity contribution < 1.29 is 9.53 Å². The third kappa shape index (κ3) is 5.92. The number of anilines is 1. The van der Waals surface area contributed by atoms with Crippen LogP contribution in [0.15, 0.2) is 36.0 Å². The van der Waals surface area contributed by atoms with E-state index < -0.39 is 5.91 Å². The van der Waals surface area contributed by atoms with Gasteiger partial charge in [-0.2, -0.15) is 10.5 Å². The molecule has 1 aromatic rings. The van der Waals surface area contributed by atoms with Crippen molar-refractivity contribution in [3.8, 4) is 12.1 Å². The van der Waals surface area contributed by atoms with Gasteiger partial charge >= 0.3 is 0 Å². The number of nitrogens with one attached hydrogen (secondary N) is 2. The van der Waals surface area contributed by atoms with Gasteiger partial charge in [0, 0.05) is 25.8 Å². The smallest absolute Gasteiger partial charge is 0.267 e. The summed E-state index contributed by atoms with van der Waals surface area (Å²) in [6.45, 7) is 5.06. The first kappa shape index (κ1) is 18.5. The Bertz CT molecular complexity index is 696. The number of amides is 1. The van der Waals surface area contributed by atoms with Crippen molar-refractivity contribution in [2.45, 2.75) is 6.42 Å². The van der Waals surface area contributed by atoms with Gasteiger partial charge in [-0.15, -0.1) is 0 Å². The van der Waals surface area contributed by atoms with Gasteiger partial charge < -0.3 is 15.4 Å². The van der Waals surface area contributed by atoms with Crippen molar-refractivity contribution in [3.05, 3.63) is 41.6 Å². The average Bonchev–Trinajstić information content (AvgIpc) is 2.66. The number of carbonyl (C=O) groups is 1. The number of carbonyl (C=O) groups excluding carboxylic acids is 1. The second kappa shape index (κ2) is 10.1. The summed E-state index contributed by atoms with van der Waals surface area (Å²) in [7, 11) is 0. The summed E-state index contributed by atoms with van der Waals surface area (Å²) in [6, 6.07) is 10.5. The van der Waals surface area contributed by atoms with Crippen LogP contribution >= 0.6 is 0 Å². The van der Waals surface area contributed by atoms with Crippen LogP contribution in [0.2, 0.25) is 0 Å². The van der Waals surface area contributed by atoms with Crippen molar-refractivity contribution in [2.75, 3.05) is 44.7 Å². The second-order valence-electron chi connectivity index (χ2n) is 5.54. The average molecular weight is 339 g/mol. The monoisotopic (exact) mass is 339 g/mol. The number of para-hydroxylation sites is 1. The fraction of sp³-hybridized carbons (Fsp3) is 0.389. The molecule has 7 heteroatoms. The molecule has 1 aliphatic rings. The van der Waals surface area contributed by atoms with Gasteiger partial charge in [-0.1, -0.05) is 12.1 Å². The van der Waals surface area contributed by atoms with Crippen molar-refractivity contribution in [1.82, 2.24) is 10.2 Å². The molecule has 1 amide bonds. The number of hydrogen-bond acceptors (Lipinski definition) is 6. The van der Waals surface area contributed by atoms with Crippen LogP contribution in [-0.4, -0.2) is 50.2 Å². The summed E-state index contributed by atoms with van der Waals surface area (Å²) >= 11 is 0. The van der Waals surface area contributed by atoms with Gasteiger partial charge in [0.25, 0.3) is 5.91 Å². The van der Waals surface area contributed by atoms with E-state index in [1.807, 2.05) is 12.1 Å². The van der Waals surface area contributed by atoms with Gasteiger partial charge in [0.2, 0.25) is 0 Å². The highest BCUT2D eigenvalue weighted by atomic mass is 16.5. The van der Waals surface area contributed by atoms with Gasteiger partial charge in [0.1, 0.15) is 17.7 Å². The van der Waals surface area contributed by atoms with Crippen LogP contribution in [0.3, 0.4) is 0 Å². The number of benzene rings is 1. The van der Waals surface area contributed by atoms with Crippen LogP contribution in [0.25, 0.3) is 0 Å². The van der Waals surface area contributed by atoms with Crippen LogP contribution in [0, 0.1) is 22.7 Å². The van der Waals surface area contributed by atoms with Crippen LogP contribution < -0.4 is 10.6 Å². The zero-order valence-electron chi connectivity index (χ0n) is 14.0. The highest BCUT2D eigenvalue weighted by Gasteiger charge is 2.12. The summed E-state index contributed by atoms with van der Waals surface area (Å²) in [5.41, 5.74) is 0.717. The van der Waals surface area contributed by atoms with Gasteiger partial charge in [-0.3, -0.25) is 9.69 Å². The van der Waals surface area contributed by atoms with E-state index in [0.717, 1.165) is 39.3 Å². The fourth-order valence-corrected chi connectivity index (χ4v) is 2.43. The topological polar surface area (TPSA) is 101 Å². The second-order valence-corrected chi connectivity index (χ2v) is 5.54. The molecule has 0 spiro atoms.